The van der Waals surface area contributed by atoms with Crippen LogP contribution >= 0.6 is 11.6 Å². The van der Waals surface area contributed by atoms with E-state index in [-0.39, 0.29) is 10.7 Å². The van der Waals surface area contributed by atoms with Gasteiger partial charge in [-0.15, -0.1) is 0 Å². The second kappa shape index (κ2) is 5.81. The Morgan fingerprint density at radius 3 is 3.00 bits per heavy atom. The SMILES string of the molecule is NCCn1cnc(C(=O)Nc2ccc(F)c(Cl)c2)c1. The fourth-order valence-electron chi connectivity index (χ4n) is 1.52. The van der Waals surface area contributed by atoms with Crippen LogP contribution < -0.4 is 11.1 Å². The van der Waals surface area contributed by atoms with E-state index in [0.29, 0.717) is 18.8 Å². The van der Waals surface area contributed by atoms with Crippen LogP contribution in [0.2, 0.25) is 5.02 Å². The Morgan fingerprint density at radius 2 is 2.32 bits per heavy atom. The first-order valence-corrected chi connectivity index (χ1v) is 5.96. The molecule has 0 atom stereocenters. The number of hydrogen-bond acceptors (Lipinski definition) is 3. The normalized spacial score (nSPS) is 10.5. The summed E-state index contributed by atoms with van der Waals surface area (Å²) in [7, 11) is 0. The molecule has 0 radical (unpaired) electrons. The zero-order valence-corrected chi connectivity index (χ0v) is 10.7. The number of anilines is 1. The number of carbonyl (C=O) groups is 1. The molecule has 0 saturated heterocycles. The lowest BCUT2D eigenvalue weighted by Crippen LogP contribution is -2.13. The van der Waals surface area contributed by atoms with Crippen molar-refractivity contribution in [3.63, 3.8) is 0 Å². The second-order valence-corrected chi connectivity index (χ2v) is 4.28. The van der Waals surface area contributed by atoms with Crippen molar-refractivity contribution in [1.29, 1.82) is 0 Å². The highest BCUT2D eigenvalue weighted by Gasteiger charge is 2.10. The molecular weight excluding hydrogens is 271 g/mol. The van der Waals surface area contributed by atoms with Crippen molar-refractivity contribution in [3.05, 3.63) is 47.3 Å². The van der Waals surface area contributed by atoms with E-state index >= 15 is 0 Å². The van der Waals surface area contributed by atoms with Crippen LogP contribution in [0.1, 0.15) is 10.5 Å². The van der Waals surface area contributed by atoms with Crippen molar-refractivity contribution >= 4 is 23.2 Å². The Bertz CT molecular complexity index is 599. The maximum absolute atomic E-state index is 13.0. The zero-order chi connectivity index (χ0) is 13.8. The predicted molar refractivity (Wildman–Crippen MR) is 70.6 cm³/mol. The van der Waals surface area contributed by atoms with E-state index in [1.807, 2.05) is 0 Å². The van der Waals surface area contributed by atoms with Gasteiger partial charge in [-0.1, -0.05) is 11.6 Å². The average Bonchev–Trinajstić information content (AvgIpc) is 2.83. The molecule has 0 spiro atoms. The minimum absolute atomic E-state index is 0.0496. The lowest BCUT2D eigenvalue weighted by Gasteiger charge is -2.04. The van der Waals surface area contributed by atoms with Gasteiger partial charge in [0.1, 0.15) is 11.5 Å². The lowest BCUT2D eigenvalue weighted by atomic mass is 10.3. The zero-order valence-electron chi connectivity index (χ0n) is 9.94. The molecule has 0 aliphatic heterocycles. The molecule has 0 aliphatic carbocycles. The van der Waals surface area contributed by atoms with Crippen LogP contribution in [0.5, 0.6) is 0 Å². The summed E-state index contributed by atoms with van der Waals surface area (Å²) in [5.41, 5.74) is 6.07. The van der Waals surface area contributed by atoms with E-state index in [0.717, 1.165) is 0 Å². The summed E-state index contributed by atoms with van der Waals surface area (Å²) in [4.78, 5) is 15.8. The second-order valence-electron chi connectivity index (χ2n) is 3.87. The van der Waals surface area contributed by atoms with Crippen LogP contribution in [0.15, 0.2) is 30.7 Å². The van der Waals surface area contributed by atoms with E-state index < -0.39 is 11.7 Å². The Labute approximate surface area is 114 Å². The fraction of sp³-hybridized carbons (Fsp3) is 0.167. The molecule has 0 bridgehead atoms. The molecule has 1 amide bonds. The van der Waals surface area contributed by atoms with Crippen LogP contribution in [0.25, 0.3) is 0 Å². The largest absolute Gasteiger partial charge is 0.335 e. The molecule has 2 aromatic rings. The van der Waals surface area contributed by atoms with Gasteiger partial charge in [-0.3, -0.25) is 4.79 Å². The minimum atomic E-state index is -0.535. The van der Waals surface area contributed by atoms with Crippen molar-refractivity contribution in [1.82, 2.24) is 9.55 Å². The molecule has 1 aromatic carbocycles. The number of carbonyl (C=O) groups excluding carboxylic acids is 1. The van der Waals surface area contributed by atoms with Crippen molar-refractivity contribution in [2.45, 2.75) is 6.54 Å². The van der Waals surface area contributed by atoms with Crippen LogP contribution in [0.4, 0.5) is 10.1 Å². The number of hydrogen-bond donors (Lipinski definition) is 2. The number of nitrogens with one attached hydrogen (secondary N) is 1. The fourth-order valence-corrected chi connectivity index (χ4v) is 1.70. The van der Waals surface area contributed by atoms with E-state index in [1.54, 1.807) is 10.8 Å². The van der Waals surface area contributed by atoms with Gasteiger partial charge in [-0.2, -0.15) is 0 Å². The van der Waals surface area contributed by atoms with Gasteiger partial charge in [0, 0.05) is 25.0 Å². The molecule has 5 nitrogen and oxygen atoms in total. The molecular formula is C12H12ClFN4O. The molecule has 1 heterocycles. The smallest absolute Gasteiger partial charge is 0.275 e. The van der Waals surface area contributed by atoms with Gasteiger partial charge in [0.25, 0.3) is 5.91 Å². The third-order valence-electron chi connectivity index (χ3n) is 2.43. The van der Waals surface area contributed by atoms with Gasteiger partial charge >= 0.3 is 0 Å². The number of aromatic nitrogens is 2. The highest BCUT2D eigenvalue weighted by Crippen LogP contribution is 2.19. The lowest BCUT2D eigenvalue weighted by molar-refractivity contribution is 0.102. The Kier molecular flexibility index (Phi) is 4.13. The summed E-state index contributed by atoms with van der Waals surface area (Å²) in [6, 6.07) is 3.95. The first-order chi connectivity index (χ1) is 9.10. The van der Waals surface area contributed by atoms with Crippen LogP contribution in [0.3, 0.4) is 0 Å². The number of imidazole rings is 1. The average molecular weight is 283 g/mol. The molecule has 0 fully saturated rings. The molecule has 2 rings (SSSR count). The third kappa shape index (κ3) is 3.30. The molecule has 0 aliphatic rings. The summed E-state index contributed by atoms with van der Waals surface area (Å²) in [5, 5.41) is 2.53. The maximum atomic E-state index is 13.0. The van der Waals surface area contributed by atoms with Gasteiger partial charge in [0.2, 0.25) is 0 Å². The number of benzene rings is 1. The van der Waals surface area contributed by atoms with Crippen LogP contribution in [0, 0.1) is 5.82 Å². The molecule has 0 saturated carbocycles. The molecule has 3 N–H and O–H groups in total. The van der Waals surface area contributed by atoms with Gasteiger partial charge in [0.15, 0.2) is 0 Å². The molecule has 19 heavy (non-hydrogen) atoms. The van der Waals surface area contributed by atoms with Crippen molar-refractivity contribution in [2.24, 2.45) is 5.73 Å². The van der Waals surface area contributed by atoms with Crippen molar-refractivity contribution in [3.8, 4) is 0 Å². The van der Waals surface area contributed by atoms with Gasteiger partial charge < -0.3 is 15.6 Å². The summed E-state index contributed by atoms with van der Waals surface area (Å²) in [5.74, 6) is -0.926. The van der Waals surface area contributed by atoms with E-state index in [9.17, 15) is 9.18 Å². The van der Waals surface area contributed by atoms with Crippen molar-refractivity contribution < 1.29 is 9.18 Å². The van der Waals surface area contributed by atoms with E-state index in [2.05, 4.69) is 10.3 Å². The van der Waals surface area contributed by atoms with Gasteiger partial charge in [0.05, 0.1) is 11.3 Å². The Hall–Kier alpha value is -1.92. The topological polar surface area (TPSA) is 72.9 Å². The van der Waals surface area contributed by atoms with Crippen LogP contribution in [-0.4, -0.2) is 22.0 Å². The number of amides is 1. The standard InChI is InChI=1S/C12H12ClFN4O/c13-9-5-8(1-2-10(9)14)17-12(19)11-6-18(4-3-15)7-16-11/h1-2,5-7H,3-4,15H2,(H,17,19). The number of nitrogens with zero attached hydrogens (tertiary/aromatic N) is 2. The summed E-state index contributed by atoms with van der Waals surface area (Å²) in [6.45, 7) is 1.05. The summed E-state index contributed by atoms with van der Waals surface area (Å²) >= 11 is 5.63. The Balaban J connectivity index is 2.09. The summed E-state index contributed by atoms with van der Waals surface area (Å²) in [6.07, 6.45) is 3.12. The van der Waals surface area contributed by atoms with Gasteiger partial charge in [-0.05, 0) is 18.2 Å². The highest BCUT2D eigenvalue weighted by molar-refractivity contribution is 6.31. The van der Waals surface area contributed by atoms with Crippen molar-refractivity contribution in [2.75, 3.05) is 11.9 Å². The number of nitrogens with two attached hydrogens (primary N) is 1. The maximum Gasteiger partial charge on any atom is 0.275 e. The number of halogens is 2. The van der Waals surface area contributed by atoms with E-state index in [4.69, 9.17) is 17.3 Å². The third-order valence-corrected chi connectivity index (χ3v) is 2.72. The highest BCUT2D eigenvalue weighted by atomic mass is 35.5. The Morgan fingerprint density at radius 1 is 1.53 bits per heavy atom. The molecule has 7 heteroatoms. The first kappa shape index (κ1) is 13.5. The van der Waals surface area contributed by atoms with Crippen LogP contribution in [-0.2, 0) is 6.54 Å². The predicted octanol–water partition coefficient (Wildman–Crippen LogP) is 1.89. The minimum Gasteiger partial charge on any atom is -0.335 e. The molecule has 1 aromatic heterocycles. The quantitative estimate of drug-likeness (QED) is 0.899. The molecule has 100 valence electrons. The number of rotatable bonds is 4. The summed E-state index contributed by atoms with van der Waals surface area (Å²) < 4.78 is 14.7. The molecule has 0 unspecified atom stereocenters. The first-order valence-electron chi connectivity index (χ1n) is 5.58. The van der Waals surface area contributed by atoms with E-state index in [1.165, 1.54) is 24.5 Å². The monoisotopic (exact) mass is 282 g/mol. The van der Waals surface area contributed by atoms with Gasteiger partial charge in [-0.25, -0.2) is 9.37 Å².